The van der Waals surface area contributed by atoms with Crippen LogP contribution in [0.1, 0.15) is 38.7 Å². The van der Waals surface area contributed by atoms with E-state index in [4.69, 9.17) is 9.47 Å². The molecule has 31 heavy (non-hydrogen) atoms. The second-order valence-corrected chi connectivity index (χ2v) is 10.2. The number of nitrogens with one attached hydrogen (secondary N) is 1. The third-order valence-electron chi connectivity index (χ3n) is 6.45. The first-order valence-electron chi connectivity index (χ1n) is 11.2. The second kappa shape index (κ2) is 9.39. The molecule has 0 saturated carbocycles. The zero-order valence-corrected chi connectivity index (χ0v) is 20.2. The van der Waals surface area contributed by atoms with Crippen LogP contribution in [0.5, 0.6) is 17.2 Å². The van der Waals surface area contributed by atoms with Crippen LogP contribution in [0.2, 0.25) is 0 Å². The summed E-state index contributed by atoms with van der Waals surface area (Å²) >= 11 is 3.56. The number of methoxy groups -OCH3 is 1. The normalized spacial score (nSPS) is 18.0. The molecular weight excluding hydrogens is 456 g/mol. The van der Waals surface area contributed by atoms with Crippen molar-refractivity contribution in [2.45, 2.75) is 38.7 Å². The Labute approximate surface area is 193 Å². The molecule has 6 heteroatoms. The molecule has 168 valence electrons. The van der Waals surface area contributed by atoms with E-state index in [0.29, 0.717) is 11.5 Å². The van der Waals surface area contributed by atoms with Gasteiger partial charge in [-0.25, -0.2) is 0 Å². The molecule has 0 aliphatic carbocycles. The number of hydrogen-bond acceptors (Lipinski definition) is 5. The van der Waals surface area contributed by atoms with Crippen LogP contribution in [0, 0.1) is 11.8 Å². The van der Waals surface area contributed by atoms with Gasteiger partial charge in [-0.15, -0.1) is 0 Å². The highest BCUT2D eigenvalue weighted by molar-refractivity contribution is 9.10. The van der Waals surface area contributed by atoms with Crippen molar-refractivity contribution in [2.75, 3.05) is 38.2 Å². The Morgan fingerprint density at radius 3 is 2.39 bits per heavy atom. The lowest BCUT2D eigenvalue weighted by Crippen LogP contribution is -2.48. The molecule has 0 atom stereocenters. The summed E-state index contributed by atoms with van der Waals surface area (Å²) < 4.78 is 12.6. The fourth-order valence-corrected chi connectivity index (χ4v) is 5.00. The van der Waals surface area contributed by atoms with Crippen LogP contribution in [-0.4, -0.2) is 38.4 Å². The van der Waals surface area contributed by atoms with Crippen molar-refractivity contribution in [1.82, 2.24) is 5.32 Å². The van der Waals surface area contributed by atoms with Gasteiger partial charge in [0.1, 0.15) is 5.75 Å². The van der Waals surface area contributed by atoms with E-state index in [-0.39, 0.29) is 0 Å². The van der Waals surface area contributed by atoms with Gasteiger partial charge in [0.2, 0.25) is 0 Å². The fraction of sp³-hybridized carbons (Fsp3) is 0.520. The molecule has 2 N–H and O–H groups in total. The fourth-order valence-electron chi connectivity index (χ4n) is 4.54. The maximum absolute atomic E-state index is 10.2. The van der Waals surface area contributed by atoms with E-state index in [9.17, 15) is 5.11 Å². The summed E-state index contributed by atoms with van der Waals surface area (Å²) in [5.74, 6) is 3.77. The average molecular weight is 489 g/mol. The number of nitrogens with zero attached hydrogens (tertiary/aromatic N) is 1. The zero-order chi connectivity index (χ0) is 22.0. The molecular formula is C25H33BrN2O3. The molecule has 2 aliphatic rings. The first-order valence-corrected chi connectivity index (χ1v) is 12.0. The summed E-state index contributed by atoms with van der Waals surface area (Å²) in [7, 11) is 1.68. The van der Waals surface area contributed by atoms with E-state index in [1.54, 1.807) is 21.0 Å². The number of anilines is 1. The highest BCUT2D eigenvalue weighted by atomic mass is 79.9. The minimum absolute atomic E-state index is 0.676. The summed E-state index contributed by atoms with van der Waals surface area (Å²) in [6.45, 7) is 8.13. The van der Waals surface area contributed by atoms with Crippen molar-refractivity contribution in [3.05, 3.63) is 46.4 Å². The lowest BCUT2D eigenvalue weighted by molar-refractivity contribution is 0.0785. The third-order valence-corrected chi connectivity index (χ3v) is 7.07. The molecule has 0 radical (unpaired) electrons. The Balaban J connectivity index is 1.40. The molecule has 4 rings (SSSR count). The van der Waals surface area contributed by atoms with Gasteiger partial charge in [-0.2, -0.15) is 0 Å². The highest BCUT2D eigenvalue weighted by Crippen LogP contribution is 2.40. The number of halogens is 1. The minimum Gasteiger partial charge on any atom is -0.493 e. The molecule has 0 spiro atoms. The number of piperidine rings is 1. The van der Waals surface area contributed by atoms with Crippen molar-refractivity contribution < 1.29 is 14.6 Å². The number of aliphatic hydroxyl groups is 1. The Bertz CT molecular complexity index is 900. The standard InChI is InChI=1S/C25H33BrN2O3/c1-25(2,29)19-4-6-22(21(26)13-19)31-23-7-5-20(14-24(23)30-3)28-15-18(16-28)12-17-8-10-27-11-9-17/h4-7,13-14,17-18,27,29H,8-12,15-16H2,1-3H3. The second-order valence-electron chi connectivity index (χ2n) is 9.34. The van der Waals surface area contributed by atoms with E-state index < -0.39 is 5.60 Å². The quantitative estimate of drug-likeness (QED) is 0.553. The molecule has 2 heterocycles. The van der Waals surface area contributed by atoms with Gasteiger partial charge in [0.15, 0.2) is 11.5 Å². The molecule has 0 amide bonds. The third kappa shape index (κ3) is 5.36. The van der Waals surface area contributed by atoms with E-state index in [1.807, 2.05) is 24.3 Å². The van der Waals surface area contributed by atoms with Gasteiger partial charge in [0, 0.05) is 24.8 Å². The molecule has 2 aromatic rings. The van der Waals surface area contributed by atoms with Crippen LogP contribution in [0.15, 0.2) is 40.9 Å². The first kappa shape index (κ1) is 22.4. The summed E-state index contributed by atoms with van der Waals surface area (Å²) in [5.41, 5.74) is 1.11. The Hall–Kier alpha value is -1.76. The maximum Gasteiger partial charge on any atom is 0.169 e. The molecule has 2 fully saturated rings. The topological polar surface area (TPSA) is 54.0 Å². The summed E-state index contributed by atoms with van der Waals surface area (Å²) in [4.78, 5) is 2.42. The summed E-state index contributed by atoms with van der Waals surface area (Å²) in [5, 5.41) is 13.7. The van der Waals surface area contributed by atoms with Gasteiger partial charge >= 0.3 is 0 Å². The first-order chi connectivity index (χ1) is 14.8. The van der Waals surface area contributed by atoms with Crippen LogP contribution in [0.25, 0.3) is 0 Å². The van der Waals surface area contributed by atoms with Gasteiger partial charge in [0.25, 0.3) is 0 Å². The largest absolute Gasteiger partial charge is 0.493 e. The number of ether oxygens (including phenoxy) is 2. The van der Waals surface area contributed by atoms with Gasteiger partial charge in [0.05, 0.1) is 17.2 Å². The molecule has 5 nitrogen and oxygen atoms in total. The smallest absolute Gasteiger partial charge is 0.169 e. The van der Waals surface area contributed by atoms with Crippen molar-refractivity contribution in [2.24, 2.45) is 11.8 Å². The number of rotatable bonds is 7. The molecule has 0 aromatic heterocycles. The predicted molar refractivity (Wildman–Crippen MR) is 128 cm³/mol. The van der Waals surface area contributed by atoms with E-state index in [2.05, 4.69) is 38.3 Å². The van der Waals surface area contributed by atoms with Crippen LogP contribution in [-0.2, 0) is 5.60 Å². The molecule has 0 bridgehead atoms. The van der Waals surface area contributed by atoms with Gasteiger partial charge in [-0.3, -0.25) is 0 Å². The molecule has 2 aromatic carbocycles. The average Bonchev–Trinajstić information content (AvgIpc) is 2.72. The van der Waals surface area contributed by atoms with Gasteiger partial charge < -0.3 is 24.8 Å². The minimum atomic E-state index is -0.899. The number of hydrogen-bond donors (Lipinski definition) is 2. The van der Waals surface area contributed by atoms with E-state index >= 15 is 0 Å². The maximum atomic E-state index is 10.2. The Morgan fingerprint density at radius 1 is 1.03 bits per heavy atom. The van der Waals surface area contributed by atoms with Crippen LogP contribution < -0.4 is 19.7 Å². The highest BCUT2D eigenvalue weighted by Gasteiger charge is 2.30. The SMILES string of the molecule is COc1cc(N2CC(CC3CCNCC3)C2)ccc1Oc1ccc(C(C)(C)O)cc1Br. The van der Waals surface area contributed by atoms with Gasteiger partial charge in [-0.1, -0.05) is 6.07 Å². The van der Waals surface area contributed by atoms with Crippen molar-refractivity contribution in [3.8, 4) is 17.2 Å². The summed E-state index contributed by atoms with van der Waals surface area (Å²) in [6, 6.07) is 11.8. The lowest BCUT2D eigenvalue weighted by atomic mass is 9.84. The molecule has 2 saturated heterocycles. The van der Waals surface area contributed by atoms with E-state index in [0.717, 1.165) is 40.7 Å². The lowest BCUT2D eigenvalue weighted by Gasteiger charge is -2.43. The molecule has 2 aliphatic heterocycles. The number of benzene rings is 2. The Morgan fingerprint density at radius 2 is 1.74 bits per heavy atom. The monoisotopic (exact) mass is 488 g/mol. The van der Waals surface area contributed by atoms with Crippen LogP contribution in [0.4, 0.5) is 5.69 Å². The predicted octanol–water partition coefficient (Wildman–Crippen LogP) is 5.30. The van der Waals surface area contributed by atoms with Crippen LogP contribution in [0.3, 0.4) is 0 Å². The zero-order valence-electron chi connectivity index (χ0n) is 18.7. The van der Waals surface area contributed by atoms with Crippen molar-refractivity contribution >= 4 is 21.6 Å². The van der Waals surface area contributed by atoms with Crippen molar-refractivity contribution in [3.63, 3.8) is 0 Å². The van der Waals surface area contributed by atoms with Crippen molar-refractivity contribution in [1.29, 1.82) is 0 Å². The summed E-state index contributed by atoms with van der Waals surface area (Å²) in [6.07, 6.45) is 4.00. The van der Waals surface area contributed by atoms with Crippen LogP contribution >= 0.6 is 15.9 Å². The van der Waals surface area contributed by atoms with Gasteiger partial charge in [-0.05, 0) is 104 Å². The Kier molecular flexibility index (Phi) is 6.80. The molecule has 0 unspecified atom stereocenters. The van der Waals surface area contributed by atoms with E-state index in [1.165, 1.54) is 38.0 Å².